The lowest BCUT2D eigenvalue weighted by Crippen LogP contribution is -2.60. The molecule has 0 aliphatic carbocycles. The van der Waals surface area contributed by atoms with Gasteiger partial charge in [-0.15, -0.1) is 0 Å². The van der Waals surface area contributed by atoms with E-state index in [-0.39, 0.29) is 94.6 Å². The van der Waals surface area contributed by atoms with E-state index >= 15 is 0 Å². The van der Waals surface area contributed by atoms with Gasteiger partial charge in [-0.05, 0) is 38.5 Å². The van der Waals surface area contributed by atoms with E-state index in [2.05, 4.69) is 90.4 Å². The highest BCUT2D eigenvalue weighted by molar-refractivity contribution is 7.80. The summed E-state index contributed by atoms with van der Waals surface area (Å²) in [6, 6.07) is -9.46. The summed E-state index contributed by atoms with van der Waals surface area (Å²) < 4.78 is 0. The second kappa shape index (κ2) is 29.7. The Morgan fingerprint density at radius 2 is 0.814 bits per heavy atom. The number of hydrogen-bond acceptors (Lipinski definition) is 15. The minimum Gasteiger partial charge on any atom is -0.480 e. The summed E-state index contributed by atoms with van der Waals surface area (Å²) in [7, 11) is 0. The molecule has 24 N–H and O–H groups in total. The largest absolute Gasteiger partial charge is 0.480 e. The predicted octanol–water partition coefficient (Wildman–Crippen LogP) is -6.08. The van der Waals surface area contributed by atoms with Crippen molar-refractivity contribution in [1.29, 1.82) is 16.2 Å². The highest BCUT2D eigenvalue weighted by atomic mass is 32.1. The van der Waals surface area contributed by atoms with Crippen LogP contribution in [0.25, 0.3) is 0 Å². The molecule has 70 heavy (non-hydrogen) atoms. The van der Waals surface area contributed by atoms with E-state index in [0.29, 0.717) is 23.5 Å². The quantitative estimate of drug-likeness (QED) is 0.0120. The number of hydrogen-bond donors (Lipinski definition) is 21. The minimum atomic E-state index is -1.47. The number of carboxylic acids is 1. The van der Waals surface area contributed by atoms with Gasteiger partial charge in [0.1, 0.15) is 36.3 Å². The van der Waals surface area contributed by atoms with Crippen molar-refractivity contribution in [3.63, 3.8) is 0 Å². The van der Waals surface area contributed by atoms with Crippen molar-refractivity contribution >= 4 is 71.9 Å². The van der Waals surface area contributed by atoms with Crippen LogP contribution in [-0.2, 0) is 52.8 Å². The summed E-state index contributed by atoms with van der Waals surface area (Å²) in [4.78, 5) is 116. The molecule has 3 aromatic heterocycles. The van der Waals surface area contributed by atoms with Crippen molar-refractivity contribution in [2.45, 2.75) is 100 Å². The summed E-state index contributed by atoms with van der Waals surface area (Å²) in [6.07, 6.45) is 8.61. The highest BCUT2D eigenvalue weighted by Crippen LogP contribution is 2.09. The lowest BCUT2D eigenvalue weighted by atomic mass is 10.0. The monoisotopic (exact) mass is 1000 g/mol. The molecule has 0 aromatic carbocycles. The zero-order chi connectivity index (χ0) is 51.6. The SMILES string of the molecule is N=C(N)NCCC[C@H](NC(=O)[C@H](CCCNC(=N)N)NC(=O)[C@@H](N)CCCNC(=N)N)C(=O)N[C@@H](Cc1c[nH]cn1)C(=O)N[C@@H](Cc1c[nH]cn1)C(=O)N[C@@H](Cc1c[nH]cn1)C(=O)N[C@@H](CS)C(=O)O. The first-order valence-corrected chi connectivity index (χ1v) is 22.6. The molecule has 6 amide bonds. The molecule has 3 aromatic rings. The Hall–Kier alpha value is -7.96. The maximum Gasteiger partial charge on any atom is 0.327 e. The van der Waals surface area contributed by atoms with Crippen LogP contribution in [0.15, 0.2) is 37.6 Å². The summed E-state index contributed by atoms with van der Waals surface area (Å²) in [5, 5.41) is 55.2. The summed E-state index contributed by atoms with van der Waals surface area (Å²) in [6.45, 7) is 0.522. The Labute approximate surface area is 406 Å². The van der Waals surface area contributed by atoms with Crippen molar-refractivity contribution in [3.8, 4) is 0 Å². The van der Waals surface area contributed by atoms with E-state index in [1.807, 2.05) is 0 Å². The third-order valence-corrected chi connectivity index (χ3v) is 10.5. The van der Waals surface area contributed by atoms with Crippen LogP contribution in [0.2, 0.25) is 0 Å². The van der Waals surface area contributed by atoms with Gasteiger partial charge in [0, 0.05) is 63.2 Å². The van der Waals surface area contributed by atoms with Crippen LogP contribution < -0.4 is 70.8 Å². The lowest BCUT2D eigenvalue weighted by molar-refractivity contribution is -0.141. The number of rotatable bonds is 32. The number of thiol groups is 1. The standard InChI is InChI=1S/C39H64N22O8S/c40-23(4-1-7-50-37(41)42)30(62)56-24(5-2-8-51-38(43)44)31(63)57-25(6-3-9-52-39(45)46)32(64)58-26(10-20-13-47-17-53-20)33(65)59-27(11-21-14-48-18-54-21)34(66)60-28(12-22-15-49-19-55-22)35(67)61-29(16-70)36(68)69/h13-15,17-19,23-29,70H,1-12,16,40H2,(H,47,53)(H,48,54)(H,49,55)(H,56,62)(H,57,63)(H,58,64)(H,59,65)(H,60,66)(H,61,67)(H,68,69)(H4,41,42,50)(H4,43,44,51)(H4,45,46,52)/t23-,24-,25-,26-,27-,28-,29-/m0/s1. The summed E-state index contributed by atoms with van der Waals surface area (Å²) >= 11 is 4.00. The molecule has 0 fully saturated rings. The smallest absolute Gasteiger partial charge is 0.327 e. The van der Waals surface area contributed by atoms with Gasteiger partial charge >= 0.3 is 5.97 Å². The fourth-order valence-electron chi connectivity index (χ4n) is 6.56. The lowest BCUT2D eigenvalue weighted by Gasteiger charge is -2.27. The number of carboxylic acid groups (broad SMARTS) is 1. The molecule has 31 heteroatoms. The Kier molecular flexibility index (Phi) is 23.9. The number of guanidine groups is 3. The number of nitrogens with two attached hydrogens (primary N) is 4. The van der Waals surface area contributed by atoms with Crippen LogP contribution in [-0.4, -0.2) is 162 Å². The minimum absolute atomic E-state index is 0.000111. The zero-order valence-corrected chi connectivity index (χ0v) is 39.0. The molecule has 0 aliphatic heterocycles. The molecule has 0 unspecified atom stereocenters. The zero-order valence-electron chi connectivity index (χ0n) is 38.1. The molecular weight excluding hydrogens is 937 g/mol. The van der Waals surface area contributed by atoms with Crippen molar-refractivity contribution in [2.24, 2.45) is 22.9 Å². The van der Waals surface area contributed by atoms with Gasteiger partial charge in [0.25, 0.3) is 0 Å². The number of imidazole rings is 3. The summed E-state index contributed by atoms with van der Waals surface area (Å²) in [5.74, 6) is -7.59. The average Bonchev–Trinajstić information content (AvgIpc) is 4.14. The van der Waals surface area contributed by atoms with Gasteiger partial charge in [0.05, 0.1) is 42.1 Å². The maximum absolute atomic E-state index is 14.4. The molecule has 0 bridgehead atoms. The first-order chi connectivity index (χ1) is 33.4. The molecule has 3 rings (SSSR count). The number of H-pyrrole nitrogens is 3. The van der Waals surface area contributed by atoms with Crippen molar-refractivity contribution in [2.75, 3.05) is 25.4 Å². The number of amides is 6. The number of nitrogens with zero attached hydrogens (tertiary/aromatic N) is 3. The van der Waals surface area contributed by atoms with Crippen molar-refractivity contribution in [1.82, 2.24) is 77.8 Å². The normalized spacial score (nSPS) is 13.9. The molecule has 0 radical (unpaired) electrons. The van der Waals surface area contributed by atoms with Crippen LogP contribution in [0.3, 0.4) is 0 Å². The summed E-state index contributed by atoms with van der Waals surface area (Å²) in [5.41, 5.74) is 23.3. The van der Waals surface area contributed by atoms with E-state index in [0.717, 1.165) is 0 Å². The van der Waals surface area contributed by atoms with E-state index < -0.39 is 83.7 Å². The Morgan fingerprint density at radius 1 is 0.514 bits per heavy atom. The van der Waals surface area contributed by atoms with Gasteiger partial charge in [-0.25, -0.2) is 19.7 Å². The fourth-order valence-corrected chi connectivity index (χ4v) is 6.81. The van der Waals surface area contributed by atoms with Gasteiger partial charge in [-0.1, -0.05) is 0 Å². The van der Waals surface area contributed by atoms with E-state index in [1.54, 1.807) is 0 Å². The molecule has 0 aliphatic rings. The highest BCUT2D eigenvalue weighted by Gasteiger charge is 2.34. The predicted molar refractivity (Wildman–Crippen MR) is 255 cm³/mol. The second-order valence-corrected chi connectivity index (χ2v) is 16.1. The number of carbonyl (C=O) groups is 7. The first kappa shape index (κ1) is 56.4. The molecular formula is C39H64N22O8S. The first-order valence-electron chi connectivity index (χ1n) is 21.9. The van der Waals surface area contributed by atoms with Crippen LogP contribution in [0, 0.1) is 16.2 Å². The van der Waals surface area contributed by atoms with Crippen LogP contribution in [0.5, 0.6) is 0 Å². The van der Waals surface area contributed by atoms with Gasteiger partial charge in [-0.2, -0.15) is 12.6 Å². The number of aliphatic carboxylic acids is 1. The molecule has 384 valence electrons. The number of aromatic nitrogens is 6. The fraction of sp³-hybridized carbons (Fsp3) is 0.513. The topological polar surface area (TPSA) is 510 Å². The van der Waals surface area contributed by atoms with E-state index in [1.165, 1.54) is 37.6 Å². The Balaban J connectivity index is 1.92. The maximum atomic E-state index is 14.4. The molecule has 0 spiro atoms. The third-order valence-electron chi connectivity index (χ3n) is 10.2. The molecule has 0 saturated carbocycles. The van der Waals surface area contributed by atoms with Crippen molar-refractivity contribution in [3.05, 3.63) is 54.7 Å². The number of carbonyl (C=O) groups excluding carboxylic acids is 6. The second-order valence-electron chi connectivity index (χ2n) is 15.7. The average molecular weight is 1000 g/mol. The van der Waals surface area contributed by atoms with Crippen LogP contribution >= 0.6 is 12.6 Å². The third kappa shape index (κ3) is 20.9. The van der Waals surface area contributed by atoms with E-state index in [9.17, 15) is 38.7 Å². The molecule has 7 atom stereocenters. The van der Waals surface area contributed by atoms with Gasteiger partial charge in [0.15, 0.2) is 17.9 Å². The van der Waals surface area contributed by atoms with Gasteiger partial charge < -0.3 is 90.8 Å². The van der Waals surface area contributed by atoms with Crippen LogP contribution in [0.1, 0.15) is 55.6 Å². The number of aromatic amines is 3. The van der Waals surface area contributed by atoms with Gasteiger partial charge in [0.2, 0.25) is 35.4 Å². The van der Waals surface area contributed by atoms with Gasteiger partial charge in [-0.3, -0.25) is 45.0 Å². The Bertz CT molecular complexity index is 2180. The molecule has 30 nitrogen and oxygen atoms in total. The van der Waals surface area contributed by atoms with E-state index in [4.69, 9.17) is 39.2 Å². The van der Waals surface area contributed by atoms with Crippen molar-refractivity contribution < 1.29 is 38.7 Å². The van der Waals surface area contributed by atoms with Crippen LogP contribution in [0.4, 0.5) is 0 Å². The molecule has 3 heterocycles. The Morgan fingerprint density at radius 3 is 1.11 bits per heavy atom. The number of nitrogens with one attached hydrogen (secondary N) is 15. The molecule has 0 saturated heterocycles.